The van der Waals surface area contributed by atoms with E-state index in [4.69, 9.17) is 4.74 Å². The van der Waals surface area contributed by atoms with E-state index in [9.17, 15) is 9.59 Å². The third kappa shape index (κ3) is 4.11. The van der Waals surface area contributed by atoms with Gasteiger partial charge in [-0.1, -0.05) is 48.5 Å². The lowest BCUT2D eigenvalue weighted by molar-refractivity contribution is -0.108. The van der Waals surface area contributed by atoms with Gasteiger partial charge in [0.25, 0.3) is 0 Å². The van der Waals surface area contributed by atoms with E-state index in [1.807, 2.05) is 60.8 Å². The molecular formula is C21H22N2O3. The lowest BCUT2D eigenvalue weighted by Gasteiger charge is -2.26. The van der Waals surface area contributed by atoms with E-state index < -0.39 is 6.09 Å². The molecule has 0 saturated carbocycles. The second kappa shape index (κ2) is 8.34. The van der Waals surface area contributed by atoms with Crippen molar-refractivity contribution in [1.29, 1.82) is 0 Å². The third-order valence-electron chi connectivity index (χ3n) is 4.54. The minimum atomic E-state index is -0.430. The predicted octanol–water partition coefficient (Wildman–Crippen LogP) is 3.94. The van der Waals surface area contributed by atoms with E-state index in [-0.39, 0.29) is 19.1 Å². The first-order valence-electron chi connectivity index (χ1n) is 8.61. The van der Waals surface area contributed by atoms with E-state index in [1.165, 1.54) is 4.90 Å². The molecule has 0 spiro atoms. The maximum absolute atomic E-state index is 12.4. The van der Waals surface area contributed by atoms with Gasteiger partial charge in [0, 0.05) is 36.6 Å². The lowest BCUT2D eigenvalue weighted by Crippen LogP contribution is -2.39. The Bertz CT molecular complexity index is 873. The molecule has 1 aromatic heterocycles. The van der Waals surface area contributed by atoms with Crippen LogP contribution < -0.4 is 0 Å². The van der Waals surface area contributed by atoms with Crippen molar-refractivity contribution >= 4 is 23.3 Å². The van der Waals surface area contributed by atoms with Crippen LogP contribution in [0.25, 0.3) is 10.9 Å². The molecule has 0 radical (unpaired) electrons. The highest BCUT2D eigenvalue weighted by Gasteiger charge is 2.22. The summed E-state index contributed by atoms with van der Waals surface area (Å²) in [5, 5.41) is 1.11. The number of carbonyl (C=O) groups is 2. The molecule has 3 aromatic rings. The number of para-hydroxylation sites is 1. The molecule has 1 N–H and O–H groups in total. The summed E-state index contributed by atoms with van der Waals surface area (Å²) >= 11 is 0. The van der Waals surface area contributed by atoms with Crippen LogP contribution in [-0.2, 0) is 22.6 Å². The Kier molecular flexibility index (Phi) is 5.69. The molecule has 134 valence electrons. The van der Waals surface area contributed by atoms with Crippen LogP contribution in [0, 0.1) is 0 Å². The Balaban J connectivity index is 1.68. The summed E-state index contributed by atoms with van der Waals surface area (Å²) in [5.41, 5.74) is 3.05. The molecule has 1 amide bonds. The van der Waals surface area contributed by atoms with Gasteiger partial charge in [-0.05, 0) is 23.6 Å². The fourth-order valence-electron chi connectivity index (χ4n) is 3.01. The molecule has 0 aliphatic rings. The minimum absolute atomic E-state index is 0.213. The number of nitrogens with zero attached hydrogens (tertiary/aromatic N) is 1. The van der Waals surface area contributed by atoms with Crippen LogP contribution in [0.4, 0.5) is 4.79 Å². The number of carbonyl (C=O) groups excluding carboxylic acids is 2. The average molecular weight is 350 g/mol. The van der Waals surface area contributed by atoms with Gasteiger partial charge in [0.05, 0.1) is 0 Å². The number of ether oxygens (including phenoxy) is 1. The molecule has 5 nitrogen and oxygen atoms in total. The molecular weight excluding hydrogens is 328 g/mol. The summed E-state index contributed by atoms with van der Waals surface area (Å²) in [5.74, 6) is 0. The van der Waals surface area contributed by atoms with Gasteiger partial charge in [0.15, 0.2) is 0 Å². The van der Waals surface area contributed by atoms with Gasteiger partial charge in [-0.25, -0.2) is 4.79 Å². The van der Waals surface area contributed by atoms with Crippen LogP contribution in [-0.4, -0.2) is 35.4 Å². The highest BCUT2D eigenvalue weighted by molar-refractivity contribution is 5.83. The normalized spacial score (nSPS) is 11.9. The highest BCUT2D eigenvalue weighted by Crippen LogP contribution is 2.21. The second-order valence-corrected chi connectivity index (χ2v) is 6.27. The molecule has 1 atom stereocenters. The van der Waals surface area contributed by atoms with E-state index in [0.717, 1.165) is 28.3 Å². The summed E-state index contributed by atoms with van der Waals surface area (Å²) in [7, 11) is 1.68. The molecule has 3 rings (SSSR count). The minimum Gasteiger partial charge on any atom is -0.445 e. The van der Waals surface area contributed by atoms with Crippen molar-refractivity contribution in [2.75, 3.05) is 7.05 Å². The fourth-order valence-corrected chi connectivity index (χ4v) is 3.01. The summed E-state index contributed by atoms with van der Waals surface area (Å²) in [6, 6.07) is 17.3. The fraction of sp³-hybridized carbons (Fsp3) is 0.238. The zero-order chi connectivity index (χ0) is 18.4. The van der Waals surface area contributed by atoms with Crippen LogP contribution >= 0.6 is 0 Å². The molecule has 0 saturated heterocycles. The molecule has 0 aliphatic heterocycles. The number of likely N-dealkylation sites (N-methyl/N-ethyl adjacent to an activating group) is 1. The Labute approximate surface area is 152 Å². The van der Waals surface area contributed by atoms with Crippen molar-refractivity contribution in [3.63, 3.8) is 0 Å². The van der Waals surface area contributed by atoms with Crippen molar-refractivity contribution in [3.05, 3.63) is 71.9 Å². The van der Waals surface area contributed by atoms with Gasteiger partial charge < -0.3 is 19.4 Å². The summed E-state index contributed by atoms with van der Waals surface area (Å²) < 4.78 is 5.39. The maximum Gasteiger partial charge on any atom is 0.410 e. The Hall–Kier alpha value is -3.08. The largest absolute Gasteiger partial charge is 0.445 e. The first-order chi connectivity index (χ1) is 12.7. The first-order valence-corrected chi connectivity index (χ1v) is 8.61. The smallest absolute Gasteiger partial charge is 0.410 e. The molecule has 0 aliphatic carbocycles. The van der Waals surface area contributed by atoms with Gasteiger partial charge in [-0.3, -0.25) is 0 Å². The van der Waals surface area contributed by atoms with Crippen molar-refractivity contribution < 1.29 is 14.3 Å². The third-order valence-corrected chi connectivity index (χ3v) is 4.54. The van der Waals surface area contributed by atoms with Gasteiger partial charge in [0.2, 0.25) is 0 Å². The highest BCUT2D eigenvalue weighted by atomic mass is 16.6. The number of benzene rings is 2. The summed E-state index contributed by atoms with van der Waals surface area (Å²) in [6.45, 7) is 0.213. The number of aldehydes is 1. The van der Waals surface area contributed by atoms with Crippen molar-refractivity contribution in [2.45, 2.75) is 25.5 Å². The average Bonchev–Trinajstić information content (AvgIpc) is 3.09. The standard InChI is InChI=1S/C21H22N2O3/c1-23(21(25)26-15-16-7-3-2-4-8-16)18(11-12-24)13-17-14-22-20-10-6-5-9-19(17)20/h2-10,12,14,18,22H,11,13,15H2,1H3. The van der Waals surface area contributed by atoms with E-state index in [2.05, 4.69) is 4.98 Å². The molecule has 0 fully saturated rings. The number of hydrogen-bond acceptors (Lipinski definition) is 3. The predicted molar refractivity (Wildman–Crippen MR) is 101 cm³/mol. The Morgan fingerprint density at radius 1 is 1.15 bits per heavy atom. The molecule has 0 bridgehead atoms. The number of aromatic amines is 1. The van der Waals surface area contributed by atoms with Crippen LogP contribution in [0.15, 0.2) is 60.8 Å². The second-order valence-electron chi connectivity index (χ2n) is 6.27. The van der Waals surface area contributed by atoms with Crippen molar-refractivity contribution in [2.24, 2.45) is 0 Å². The lowest BCUT2D eigenvalue weighted by atomic mass is 10.0. The molecule has 5 heteroatoms. The van der Waals surface area contributed by atoms with Gasteiger partial charge in [0.1, 0.15) is 12.9 Å². The summed E-state index contributed by atoms with van der Waals surface area (Å²) in [6.07, 6.45) is 3.20. The van der Waals surface area contributed by atoms with Crippen LogP contribution in [0.1, 0.15) is 17.5 Å². The first kappa shape index (κ1) is 17.7. The summed E-state index contributed by atoms with van der Waals surface area (Å²) in [4.78, 5) is 28.3. The van der Waals surface area contributed by atoms with Crippen molar-refractivity contribution in [1.82, 2.24) is 9.88 Å². The van der Waals surface area contributed by atoms with Gasteiger partial charge in [-0.2, -0.15) is 0 Å². The zero-order valence-electron chi connectivity index (χ0n) is 14.7. The molecule has 1 heterocycles. The van der Waals surface area contributed by atoms with E-state index >= 15 is 0 Å². The number of rotatable bonds is 7. The van der Waals surface area contributed by atoms with Crippen LogP contribution in [0.2, 0.25) is 0 Å². The molecule has 1 unspecified atom stereocenters. The number of nitrogens with one attached hydrogen (secondary N) is 1. The molecule has 26 heavy (non-hydrogen) atoms. The Morgan fingerprint density at radius 3 is 2.65 bits per heavy atom. The SMILES string of the molecule is CN(C(=O)OCc1ccccc1)C(CC=O)Cc1c[nH]c2ccccc12. The van der Waals surface area contributed by atoms with E-state index in [1.54, 1.807) is 7.05 Å². The number of aromatic nitrogens is 1. The van der Waals surface area contributed by atoms with Crippen molar-refractivity contribution in [3.8, 4) is 0 Å². The van der Waals surface area contributed by atoms with E-state index in [0.29, 0.717) is 6.42 Å². The quantitative estimate of drug-likeness (QED) is 0.657. The van der Waals surface area contributed by atoms with Crippen LogP contribution in [0.5, 0.6) is 0 Å². The number of amides is 1. The number of fused-ring (bicyclic) bond motifs is 1. The number of hydrogen-bond donors (Lipinski definition) is 1. The topological polar surface area (TPSA) is 62.4 Å². The van der Waals surface area contributed by atoms with Gasteiger partial charge in [-0.15, -0.1) is 0 Å². The van der Waals surface area contributed by atoms with Gasteiger partial charge >= 0.3 is 6.09 Å². The molecule has 2 aromatic carbocycles. The zero-order valence-corrected chi connectivity index (χ0v) is 14.7. The monoisotopic (exact) mass is 350 g/mol. The Morgan fingerprint density at radius 2 is 1.88 bits per heavy atom. The maximum atomic E-state index is 12.4. The van der Waals surface area contributed by atoms with Crippen LogP contribution in [0.3, 0.4) is 0 Å². The number of H-pyrrole nitrogens is 1.